The molecule has 7 heteroatoms. The van der Waals surface area contributed by atoms with E-state index in [2.05, 4.69) is 10.3 Å². The molecule has 0 aliphatic carbocycles. The first-order valence-corrected chi connectivity index (χ1v) is 9.99. The maximum Gasteiger partial charge on any atom is 0.306 e. The topological polar surface area (TPSA) is 97.2 Å². The lowest BCUT2D eigenvalue weighted by Crippen LogP contribution is -2.24. The minimum absolute atomic E-state index is 0.125. The number of aromatic amines is 1. The number of hydrogen-bond donors (Lipinski definition) is 3. The Hall–Kier alpha value is -2.41. The van der Waals surface area contributed by atoms with E-state index in [1.54, 1.807) is 6.20 Å². The van der Waals surface area contributed by atoms with Crippen LogP contribution in [-0.4, -0.2) is 34.0 Å². The Morgan fingerprint density at radius 2 is 1.89 bits per heavy atom. The lowest BCUT2D eigenvalue weighted by Gasteiger charge is -2.19. The lowest BCUT2D eigenvalue weighted by molar-refractivity contribution is -0.154. The van der Waals surface area contributed by atoms with Crippen LogP contribution < -0.4 is 11.1 Å². The molecule has 1 aromatic heterocycles. The summed E-state index contributed by atoms with van der Waals surface area (Å²) in [6.07, 6.45) is 5.67. The Morgan fingerprint density at radius 3 is 2.57 bits per heavy atom. The van der Waals surface area contributed by atoms with Gasteiger partial charge in [-0.05, 0) is 51.8 Å². The molecule has 2 aromatic rings. The van der Waals surface area contributed by atoms with Crippen molar-refractivity contribution in [3.05, 3.63) is 35.5 Å². The fraction of sp³-hybridized carbons (Fsp3) is 0.476. The van der Waals surface area contributed by atoms with E-state index in [1.165, 1.54) is 0 Å². The summed E-state index contributed by atoms with van der Waals surface area (Å²) < 4.78 is 5.28. The zero-order valence-electron chi connectivity index (χ0n) is 16.8. The number of nitrogens with one attached hydrogen (secondary N) is 2. The molecule has 1 aromatic carbocycles. The Kier molecular flexibility index (Phi) is 7.57. The molecule has 1 heterocycles. The number of carbonyl (C=O) groups excluding carboxylic acids is 2. The van der Waals surface area contributed by atoms with Gasteiger partial charge in [-0.25, -0.2) is 0 Å². The molecule has 0 atom stereocenters. The van der Waals surface area contributed by atoms with Crippen molar-refractivity contribution in [3.63, 3.8) is 0 Å². The van der Waals surface area contributed by atoms with E-state index in [9.17, 15) is 9.59 Å². The third kappa shape index (κ3) is 6.64. The van der Waals surface area contributed by atoms with E-state index in [0.717, 1.165) is 42.1 Å². The molecule has 152 valence electrons. The number of hydrogen-bond acceptors (Lipinski definition) is 4. The number of fused-ring (bicyclic) bond motifs is 1. The number of rotatable bonds is 9. The number of esters is 1. The third-order valence-electron chi connectivity index (χ3n) is 4.22. The number of nitrogens with two attached hydrogens (primary N) is 1. The number of amides is 1. The van der Waals surface area contributed by atoms with Crippen LogP contribution >= 0.6 is 12.2 Å². The highest BCUT2D eigenvalue weighted by molar-refractivity contribution is 7.80. The zero-order valence-corrected chi connectivity index (χ0v) is 17.6. The minimum Gasteiger partial charge on any atom is -0.460 e. The molecule has 0 unspecified atom stereocenters. The molecule has 0 spiro atoms. The summed E-state index contributed by atoms with van der Waals surface area (Å²) >= 11 is 5.01. The molecule has 0 aliphatic rings. The molecule has 1 amide bonds. The van der Waals surface area contributed by atoms with Crippen LogP contribution in [0.4, 0.5) is 0 Å². The van der Waals surface area contributed by atoms with Crippen molar-refractivity contribution in [2.45, 2.75) is 58.5 Å². The quantitative estimate of drug-likeness (QED) is 0.336. The summed E-state index contributed by atoms with van der Waals surface area (Å²) in [5.74, 6) is -0.281. The average Bonchev–Trinajstić information content (AvgIpc) is 3.02. The first-order chi connectivity index (χ1) is 13.2. The summed E-state index contributed by atoms with van der Waals surface area (Å²) in [6, 6.07) is 5.53. The molecule has 0 saturated heterocycles. The summed E-state index contributed by atoms with van der Waals surface area (Å²) in [5, 5.41) is 3.75. The standard InChI is InChI=1S/C21H29N3O3S/c1-21(2,3)27-18(25)8-6-4-5-7-11-23-20(26)16-13-24-17-10-9-14(19(22)28)12-15(16)17/h9-10,12-13,24H,4-8,11H2,1-3H3,(H2,22,28)(H,23,26). The predicted molar refractivity (Wildman–Crippen MR) is 115 cm³/mol. The highest BCUT2D eigenvalue weighted by Crippen LogP contribution is 2.20. The molecular weight excluding hydrogens is 374 g/mol. The van der Waals surface area contributed by atoms with Gasteiger partial charge < -0.3 is 20.8 Å². The number of thiocarbonyl (C=S) groups is 1. The summed E-state index contributed by atoms with van der Waals surface area (Å²) in [6.45, 7) is 6.19. The van der Waals surface area contributed by atoms with Gasteiger partial charge in [0.25, 0.3) is 5.91 Å². The number of H-pyrrole nitrogens is 1. The number of aromatic nitrogens is 1. The van der Waals surface area contributed by atoms with Gasteiger partial charge in [-0.2, -0.15) is 0 Å². The van der Waals surface area contributed by atoms with Crippen molar-refractivity contribution in [2.24, 2.45) is 5.73 Å². The molecule has 0 saturated carbocycles. The second-order valence-corrected chi connectivity index (χ2v) is 8.27. The van der Waals surface area contributed by atoms with E-state index >= 15 is 0 Å². The van der Waals surface area contributed by atoms with E-state index < -0.39 is 5.60 Å². The Labute approximate surface area is 171 Å². The number of ether oxygens (including phenoxy) is 1. The van der Waals surface area contributed by atoms with Crippen molar-refractivity contribution in [1.82, 2.24) is 10.3 Å². The summed E-state index contributed by atoms with van der Waals surface area (Å²) in [7, 11) is 0. The molecule has 0 radical (unpaired) electrons. The van der Waals surface area contributed by atoms with Crippen molar-refractivity contribution in [1.29, 1.82) is 0 Å². The van der Waals surface area contributed by atoms with Crippen LogP contribution in [0.5, 0.6) is 0 Å². The van der Waals surface area contributed by atoms with Gasteiger partial charge in [0.2, 0.25) is 0 Å². The Balaban J connectivity index is 1.72. The van der Waals surface area contributed by atoms with Crippen LogP contribution in [0.3, 0.4) is 0 Å². The lowest BCUT2D eigenvalue weighted by atomic mass is 10.1. The maximum atomic E-state index is 12.5. The van der Waals surface area contributed by atoms with Crippen LogP contribution in [0.2, 0.25) is 0 Å². The first-order valence-electron chi connectivity index (χ1n) is 9.58. The SMILES string of the molecule is CC(C)(C)OC(=O)CCCCCCNC(=O)c1c[nH]c2ccc(C(N)=S)cc12. The van der Waals surface area contributed by atoms with Crippen LogP contribution in [-0.2, 0) is 9.53 Å². The van der Waals surface area contributed by atoms with Gasteiger partial charge in [-0.3, -0.25) is 9.59 Å². The van der Waals surface area contributed by atoms with Crippen LogP contribution in [0, 0.1) is 0 Å². The summed E-state index contributed by atoms with van der Waals surface area (Å²) in [5.41, 5.74) is 7.43. The smallest absolute Gasteiger partial charge is 0.306 e. The second kappa shape index (κ2) is 9.68. The fourth-order valence-corrected chi connectivity index (χ4v) is 3.03. The molecule has 4 N–H and O–H groups in total. The number of unbranched alkanes of at least 4 members (excludes halogenated alkanes) is 3. The van der Waals surface area contributed by atoms with Gasteiger partial charge in [0.1, 0.15) is 10.6 Å². The molecule has 0 fully saturated rings. The van der Waals surface area contributed by atoms with Crippen molar-refractivity contribution < 1.29 is 14.3 Å². The van der Waals surface area contributed by atoms with Crippen LogP contribution in [0.15, 0.2) is 24.4 Å². The van der Waals surface area contributed by atoms with Crippen LogP contribution in [0.25, 0.3) is 10.9 Å². The predicted octanol–water partition coefficient (Wildman–Crippen LogP) is 3.82. The van der Waals surface area contributed by atoms with Crippen molar-refractivity contribution in [3.8, 4) is 0 Å². The largest absolute Gasteiger partial charge is 0.460 e. The van der Waals surface area contributed by atoms with E-state index in [1.807, 2.05) is 39.0 Å². The third-order valence-corrected chi connectivity index (χ3v) is 4.46. The molecule has 28 heavy (non-hydrogen) atoms. The van der Waals surface area contributed by atoms with Gasteiger partial charge in [-0.15, -0.1) is 0 Å². The Morgan fingerprint density at radius 1 is 1.18 bits per heavy atom. The molecule has 0 bridgehead atoms. The highest BCUT2D eigenvalue weighted by Gasteiger charge is 2.15. The van der Waals surface area contributed by atoms with Crippen LogP contribution in [0.1, 0.15) is 68.8 Å². The average molecular weight is 404 g/mol. The van der Waals surface area contributed by atoms with Gasteiger partial charge >= 0.3 is 5.97 Å². The van der Waals surface area contributed by atoms with Gasteiger partial charge in [0.15, 0.2) is 0 Å². The zero-order chi connectivity index (χ0) is 20.7. The molecular formula is C21H29N3O3S. The first kappa shape index (κ1) is 21.9. The number of benzene rings is 1. The maximum absolute atomic E-state index is 12.5. The van der Waals surface area contributed by atoms with Gasteiger partial charge in [-0.1, -0.05) is 25.1 Å². The number of carbonyl (C=O) groups is 2. The van der Waals surface area contributed by atoms with Gasteiger partial charge in [0.05, 0.1) is 5.56 Å². The van der Waals surface area contributed by atoms with Crippen molar-refractivity contribution >= 4 is 40.0 Å². The Bertz CT molecular complexity index is 852. The second-order valence-electron chi connectivity index (χ2n) is 7.83. The van der Waals surface area contributed by atoms with E-state index in [4.69, 9.17) is 22.7 Å². The fourth-order valence-electron chi connectivity index (χ4n) is 2.90. The highest BCUT2D eigenvalue weighted by atomic mass is 32.1. The molecule has 6 nitrogen and oxygen atoms in total. The minimum atomic E-state index is -0.431. The summed E-state index contributed by atoms with van der Waals surface area (Å²) in [4.78, 5) is 27.5. The van der Waals surface area contributed by atoms with Crippen molar-refractivity contribution in [2.75, 3.05) is 6.54 Å². The van der Waals surface area contributed by atoms with Gasteiger partial charge in [0, 0.05) is 35.6 Å². The van der Waals surface area contributed by atoms with E-state index in [0.29, 0.717) is 23.5 Å². The monoisotopic (exact) mass is 403 g/mol. The van der Waals surface area contributed by atoms with E-state index in [-0.39, 0.29) is 11.9 Å². The molecule has 2 rings (SSSR count). The molecule has 0 aliphatic heterocycles. The normalized spacial score (nSPS) is 11.4.